The van der Waals surface area contributed by atoms with Crippen molar-refractivity contribution in [3.05, 3.63) is 84.3 Å². The van der Waals surface area contributed by atoms with E-state index in [0.717, 1.165) is 27.6 Å². The lowest BCUT2D eigenvalue weighted by atomic mass is 10.0. The fraction of sp³-hybridized carbons (Fsp3) is 0.174. The molecule has 4 rings (SSSR count). The Morgan fingerprint density at radius 1 is 1.00 bits per heavy atom. The van der Waals surface area contributed by atoms with E-state index in [1.807, 2.05) is 56.4 Å². The zero-order chi connectivity index (χ0) is 18.8. The van der Waals surface area contributed by atoms with E-state index in [1.54, 1.807) is 16.9 Å². The largest absolute Gasteiger partial charge is 0.292 e. The molecule has 134 valence electrons. The molecule has 0 radical (unpaired) electrons. The SMILES string of the molecule is CC(C)n1nccc1C(=O)Cc1ccc2cc(-c3ccccc3)cnc2c1. The van der Waals surface area contributed by atoms with Crippen molar-refractivity contribution in [2.45, 2.75) is 26.3 Å². The summed E-state index contributed by atoms with van der Waals surface area (Å²) in [6, 6.07) is 20.3. The molecule has 4 heteroatoms. The summed E-state index contributed by atoms with van der Waals surface area (Å²) in [5, 5.41) is 5.32. The monoisotopic (exact) mass is 355 g/mol. The first-order valence-electron chi connectivity index (χ1n) is 9.12. The molecule has 0 saturated carbocycles. The maximum atomic E-state index is 12.7. The van der Waals surface area contributed by atoms with Gasteiger partial charge >= 0.3 is 0 Å². The molecule has 0 spiro atoms. The molecule has 0 fully saturated rings. The lowest BCUT2D eigenvalue weighted by Gasteiger charge is -2.10. The first-order valence-corrected chi connectivity index (χ1v) is 9.12. The summed E-state index contributed by atoms with van der Waals surface area (Å²) in [6.07, 6.45) is 3.91. The smallest absolute Gasteiger partial charge is 0.185 e. The summed E-state index contributed by atoms with van der Waals surface area (Å²) in [7, 11) is 0. The number of rotatable bonds is 5. The van der Waals surface area contributed by atoms with Crippen LogP contribution in [0.25, 0.3) is 22.0 Å². The molecule has 2 heterocycles. The van der Waals surface area contributed by atoms with Crippen LogP contribution < -0.4 is 0 Å². The molecule has 4 aromatic rings. The topological polar surface area (TPSA) is 47.8 Å². The van der Waals surface area contributed by atoms with Gasteiger partial charge in [-0.05, 0) is 43.2 Å². The molecule has 2 aromatic heterocycles. The van der Waals surface area contributed by atoms with Crippen molar-refractivity contribution in [1.82, 2.24) is 14.8 Å². The van der Waals surface area contributed by atoms with Gasteiger partial charge in [0.2, 0.25) is 0 Å². The van der Waals surface area contributed by atoms with E-state index in [0.29, 0.717) is 12.1 Å². The normalized spacial score (nSPS) is 11.2. The lowest BCUT2D eigenvalue weighted by Crippen LogP contribution is -2.14. The number of carbonyl (C=O) groups is 1. The number of aromatic nitrogens is 3. The van der Waals surface area contributed by atoms with Crippen LogP contribution in [0.2, 0.25) is 0 Å². The molecule has 4 nitrogen and oxygen atoms in total. The molecule has 0 aliphatic rings. The third-order valence-corrected chi connectivity index (χ3v) is 4.67. The minimum atomic E-state index is 0.0708. The molecule has 2 aromatic carbocycles. The highest BCUT2D eigenvalue weighted by molar-refractivity contribution is 5.96. The van der Waals surface area contributed by atoms with Gasteiger partial charge in [0.1, 0.15) is 5.69 Å². The predicted octanol–water partition coefficient (Wildman–Crippen LogP) is 5.10. The van der Waals surface area contributed by atoms with E-state index in [9.17, 15) is 4.79 Å². The summed E-state index contributed by atoms with van der Waals surface area (Å²) >= 11 is 0. The van der Waals surface area contributed by atoms with Crippen molar-refractivity contribution in [2.24, 2.45) is 0 Å². The third-order valence-electron chi connectivity index (χ3n) is 4.67. The number of pyridine rings is 1. The summed E-state index contributed by atoms with van der Waals surface area (Å²) in [6.45, 7) is 4.04. The van der Waals surface area contributed by atoms with Gasteiger partial charge in [-0.2, -0.15) is 5.10 Å². The second-order valence-corrected chi connectivity index (χ2v) is 6.97. The average Bonchev–Trinajstić information content (AvgIpc) is 3.19. The Labute approximate surface area is 158 Å². The number of fused-ring (bicyclic) bond motifs is 1. The summed E-state index contributed by atoms with van der Waals surface area (Å²) in [4.78, 5) is 17.3. The fourth-order valence-electron chi connectivity index (χ4n) is 3.29. The van der Waals surface area contributed by atoms with E-state index >= 15 is 0 Å². The molecule has 0 aliphatic heterocycles. The number of Topliss-reactive ketones (excluding diaryl/α,β-unsaturated/α-hetero) is 1. The molecule has 0 atom stereocenters. The van der Waals surface area contributed by atoms with Gasteiger partial charge in [0.25, 0.3) is 0 Å². The maximum Gasteiger partial charge on any atom is 0.185 e. The molecule has 0 unspecified atom stereocenters. The molecule has 0 aliphatic carbocycles. The van der Waals surface area contributed by atoms with Gasteiger partial charge in [0, 0.05) is 35.8 Å². The number of ketones is 1. The van der Waals surface area contributed by atoms with Crippen LogP contribution in [-0.4, -0.2) is 20.5 Å². The van der Waals surface area contributed by atoms with Crippen molar-refractivity contribution >= 4 is 16.7 Å². The molecule has 0 N–H and O–H groups in total. The Balaban J connectivity index is 1.60. The molecule has 0 saturated heterocycles. The first-order chi connectivity index (χ1) is 13.1. The summed E-state index contributed by atoms with van der Waals surface area (Å²) < 4.78 is 1.77. The van der Waals surface area contributed by atoms with Gasteiger partial charge in [-0.25, -0.2) is 0 Å². The maximum absolute atomic E-state index is 12.7. The molecule has 0 bridgehead atoms. The van der Waals surface area contributed by atoms with Gasteiger partial charge < -0.3 is 0 Å². The molecule has 27 heavy (non-hydrogen) atoms. The van der Waals surface area contributed by atoms with Crippen molar-refractivity contribution in [3.63, 3.8) is 0 Å². The van der Waals surface area contributed by atoms with Gasteiger partial charge in [-0.15, -0.1) is 0 Å². The highest BCUT2D eigenvalue weighted by Crippen LogP contribution is 2.23. The number of hydrogen-bond acceptors (Lipinski definition) is 3. The number of hydrogen-bond donors (Lipinski definition) is 0. The number of benzene rings is 2. The van der Waals surface area contributed by atoms with Gasteiger partial charge in [0.05, 0.1) is 5.52 Å². The van der Waals surface area contributed by atoms with Gasteiger partial charge in [-0.3, -0.25) is 14.5 Å². The quantitative estimate of drug-likeness (QED) is 0.468. The lowest BCUT2D eigenvalue weighted by molar-refractivity contribution is 0.0981. The summed E-state index contributed by atoms with van der Waals surface area (Å²) in [5.41, 5.74) is 4.75. The molecule has 0 amide bonds. The number of carbonyl (C=O) groups excluding carboxylic acids is 1. The average molecular weight is 355 g/mol. The standard InChI is InChI=1S/C23H21N3O/c1-16(2)26-22(10-11-25-26)23(27)13-17-8-9-19-14-20(15-24-21(19)12-17)18-6-4-3-5-7-18/h3-12,14-16H,13H2,1-2H3. The Morgan fingerprint density at radius 3 is 2.59 bits per heavy atom. The van der Waals surface area contributed by atoms with Crippen LogP contribution in [-0.2, 0) is 6.42 Å². The van der Waals surface area contributed by atoms with Crippen molar-refractivity contribution in [1.29, 1.82) is 0 Å². The minimum Gasteiger partial charge on any atom is -0.292 e. The highest BCUT2D eigenvalue weighted by Gasteiger charge is 2.15. The van der Waals surface area contributed by atoms with E-state index in [1.165, 1.54) is 0 Å². The highest BCUT2D eigenvalue weighted by atomic mass is 16.1. The summed E-state index contributed by atoms with van der Waals surface area (Å²) in [5.74, 6) is 0.0708. The zero-order valence-corrected chi connectivity index (χ0v) is 15.5. The predicted molar refractivity (Wildman–Crippen MR) is 108 cm³/mol. The van der Waals surface area contributed by atoms with Crippen LogP contribution in [0.5, 0.6) is 0 Å². The number of nitrogens with zero attached hydrogens (tertiary/aromatic N) is 3. The second-order valence-electron chi connectivity index (χ2n) is 6.97. The van der Waals surface area contributed by atoms with Crippen LogP contribution in [0.15, 0.2) is 73.1 Å². The van der Waals surface area contributed by atoms with Crippen molar-refractivity contribution in [2.75, 3.05) is 0 Å². The Morgan fingerprint density at radius 2 is 1.81 bits per heavy atom. The first kappa shape index (κ1) is 17.2. The fourth-order valence-corrected chi connectivity index (χ4v) is 3.29. The van der Waals surface area contributed by atoms with Crippen LogP contribution in [0, 0.1) is 0 Å². The van der Waals surface area contributed by atoms with E-state index in [-0.39, 0.29) is 11.8 Å². The Hall–Kier alpha value is -3.27. The molecular weight excluding hydrogens is 334 g/mol. The third kappa shape index (κ3) is 3.51. The Kier molecular flexibility index (Phi) is 4.55. The van der Waals surface area contributed by atoms with Crippen LogP contribution in [0.3, 0.4) is 0 Å². The van der Waals surface area contributed by atoms with Crippen molar-refractivity contribution < 1.29 is 4.79 Å². The van der Waals surface area contributed by atoms with Crippen LogP contribution >= 0.6 is 0 Å². The van der Waals surface area contributed by atoms with Crippen molar-refractivity contribution in [3.8, 4) is 11.1 Å². The zero-order valence-electron chi connectivity index (χ0n) is 15.5. The van der Waals surface area contributed by atoms with E-state index in [2.05, 4.69) is 28.3 Å². The van der Waals surface area contributed by atoms with Crippen LogP contribution in [0.1, 0.15) is 35.9 Å². The van der Waals surface area contributed by atoms with Gasteiger partial charge in [0.15, 0.2) is 5.78 Å². The minimum absolute atomic E-state index is 0.0708. The van der Waals surface area contributed by atoms with E-state index in [4.69, 9.17) is 0 Å². The van der Waals surface area contributed by atoms with E-state index < -0.39 is 0 Å². The van der Waals surface area contributed by atoms with Gasteiger partial charge in [-0.1, -0.05) is 42.5 Å². The van der Waals surface area contributed by atoms with Crippen LogP contribution in [0.4, 0.5) is 0 Å². The Bertz CT molecular complexity index is 1100. The second kappa shape index (κ2) is 7.16. The molecular formula is C23H21N3O.